The van der Waals surface area contributed by atoms with E-state index in [1.165, 1.54) is 0 Å². The summed E-state index contributed by atoms with van der Waals surface area (Å²) < 4.78 is 6.16. The largest absolute Gasteiger partial charge is 0.480 e. The van der Waals surface area contributed by atoms with Gasteiger partial charge < -0.3 is 4.74 Å². The normalized spacial score (nSPS) is 14.8. The van der Waals surface area contributed by atoms with Crippen LogP contribution in [0.25, 0.3) is 0 Å². The molecule has 4 nitrogen and oxygen atoms in total. The van der Waals surface area contributed by atoms with Gasteiger partial charge >= 0.3 is 0 Å². The van der Waals surface area contributed by atoms with Crippen molar-refractivity contribution < 1.29 is 9.53 Å². The van der Waals surface area contributed by atoms with Crippen LogP contribution in [0.5, 0.6) is 5.75 Å². The second kappa shape index (κ2) is 4.18. The number of carbonyl (C=O) groups is 1. The van der Waals surface area contributed by atoms with Crippen LogP contribution < -0.4 is 9.64 Å². The van der Waals surface area contributed by atoms with Gasteiger partial charge in [-0.15, -0.1) is 0 Å². The molecule has 1 amide bonds. The van der Waals surface area contributed by atoms with Gasteiger partial charge in [0.05, 0.1) is 0 Å². The third-order valence-corrected chi connectivity index (χ3v) is 2.59. The van der Waals surface area contributed by atoms with Crippen LogP contribution in [-0.4, -0.2) is 24.0 Å². The minimum Gasteiger partial charge on any atom is -0.480 e. The van der Waals surface area contributed by atoms with Crippen molar-refractivity contribution >= 4 is 27.7 Å². The number of rotatable bonds is 2. The Labute approximate surface area is 96.4 Å². The lowest BCUT2D eigenvalue weighted by Crippen LogP contribution is -2.39. The molecule has 0 unspecified atom stereocenters. The zero-order chi connectivity index (χ0) is 10.8. The average Bonchev–Trinajstić information content (AvgIpc) is 2.22. The van der Waals surface area contributed by atoms with Crippen molar-refractivity contribution in [3.8, 4) is 5.75 Å². The van der Waals surface area contributed by atoms with Crippen molar-refractivity contribution in [3.05, 3.63) is 16.7 Å². The van der Waals surface area contributed by atoms with E-state index >= 15 is 0 Å². The lowest BCUT2D eigenvalue weighted by atomic mass is 10.3. The van der Waals surface area contributed by atoms with E-state index in [4.69, 9.17) is 4.74 Å². The van der Waals surface area contributed by atoms with E-state index in [0.717, 1.165) is 10.9 Å². The summed E-state index contributed by atoms with van der Waals surface area (Å²) in [7, 11) is 0. The van der Waals surface area contributed by atoms with Gasteiger partial charge in [-0.3, -0.25) is 9.69 Å². The van der Waals surface area contributed by atoms with Gasteiger partial charge in [-0.05, 0) is 28.4 Å². The number of amides is 1. The maximum absolute atomic E-state index is 11.6. The fraction of sp³-hybridized carbons (Fsp3) is 0.400. The molecule has 0 saturated heterocycles. The first-order valence-electron chi connectivity index (χ1n) is 4.81. The standard InChI is InChI=1S/C10H11BrN2O2/c1-2-3-13-9(14)6-15-8-4-7(11)5-12-10(8)13/h4-5H,2-3,6H2,1H3. The average molecular weight is 271 g/mol. The fourth-order valence-electron chi connectivity index (χ4n) is 1.51. The van der Waals surface area contributed by atoms with Gasteiger partial charge in [0, 0.05) is 17.2 Å². The van der Waals surface area contributed by atoms with Crippen molar-refractivity contribution in [2.75, 3.05) is 18.1 Å². The molecule has 0 aromatic carbocycles. The first-order chi connectivity index (χ1) is 7.22. The number of hydrogen-bond acceptors (Lipinski definition) is 3. The van der Waals surface area contributed by atoms with E-state index < -0.39 is 0 Å². The van der Waals surface area contributed by atoms with Gasteiger partial charge in [-0.25, -0.2) is 4.98 Å². The van der Waals surface area contributed by atoms with Gasteiger partial charge in [0.25, 0.3) is 5.91 Å². The summed E-state index contributed by atoms with van der Waals surface area (Å²) in [4.78, 5) is 17.5. The SMILES string of the molecule is CCCN1C(=O)COc2cc(Br)cnc21. The van der Waals surface area contributed by atoms with E-state index in [9.17, 15) is 4.79 Å². The number of carbonyl (C=O) groups excluding carboxylic acids is 1. The fourth-order valence-corrected chi connectivity index (χ4v) is 1.82. The predicted octanol–water partition coefficient (Wildman–Crippen LogP) is 1.98. The van der Waals surface area contributed by atoms with Crippen LogP contribution in [0.2, 0.25) is 0 Å². The number of fused-ring (bicyclic) bond motifs is 1. The summed E-state index contributed by atoms with van der Waals surface area (Å²) in [6.07, 6.45) is 2.58. The Bertz CT molecular complexity index is 395. The second-order valence-electron chi connectivity index (χ2n) is 3.31. The first kappa shape index (κ1) is 10.4. The molecule has 0 aliphatic carbocycles. The van der Waals surface area contributed by atoms with Crippen molar-refractivity contribution in [2.45, 2.75) is 13.3 Å². The molecule has 5 heteroatoms. The van der Waals surface area contributed by atoms with Crippen molar-refractivity contribution in [1.82, 2.24) is 4.98 Å². The number of ether oxygens (including phenoxy) is 1. The Hall–Kier alpha value is -1.10. The van der Waals surface area contributed by atoms with Crippen LogP contribution in [-0.2, 0) is 4.79 Å². The Balaban J connectivity index is 2.39. The zero-order valence-electron chi connectivity index (χ0n) is 8.36. The molecule has 2 heterocycles. The lowest BCUT2D eigenvalue weighted by Gasteiger charge is -2.27. The van der Waals surface area contributed by atoms with Gasteiger partial charge in [-0.1, -0.05) is 6.92 Å². The molecule has 15 heavy (non-hydrogen) atoms. The monoisotopic (exact) mass is 270 g/mol. The van der Waals surface area contributed by atoms with Crippen LogP contribution >= 0.6 is 15.9 Å². The maximum atomic E-state index is 11.6. The molecule has 0 fully saturated rings. The molecular weight excluding hydrogens is 260 g/mol. The zero-order valence-corrected chi connectivity index (χ0v) is 9.95. The minimum atomic E-state index is -0.0285. The van der Waals surface area contributed by atoms with Crippen molar-refractivity contribution in [1.29, 1.82) is 0 Å². The molecule has 1 aliphatic heterocycles. The molecule has 2 rings (SSSR count). The Morgan fingerprint density at radius 2 is 2.47 bits per heavy atom. The Morgan fingerprint density at radius 3 is 3.20 bits per heavy atom. The first-order valence-corrected chi connectivity index (χ1v) is 5.60. The number of pyridine rings is 1. The van der Waals surface area contributed by atoms with Crippen LogP contribution in [0.4, 0.5) is 5.82 Å². The van der Waals surface area contributed by atoms with Crippen LogP contribution in [0.3, 0.4) is 0 Å². The van der Waals surface area contributed by atoms with E-state index in [1.807, 2.05) is 13.0 Å². The minimum absolute atomic E-state index is 0.0285. The number of aromatic nitrogens is 1. The van der Waals surface area contributed by atoms with Gasteiger partial charge in [0.1, 0.15) is 0 Å². The van der Waals surface area contributed by atoms with Crippen LogP contribution in [0.15, 0.2) is 16.7 Å². The van der Waals surface area contributed by atoms with E-state index in [0.29, 0.717) is 18.1 Å². The lowest BCUT2D eigenvalue weighted by molar-refractivity contribution is -0.121. The predicted molar refractivity (Wildman–Crippen MR) is 60.1 cm³/mol. The molecule has 1 aliphatic rings. The highest BCUT2D eigenvalue weighted by atomic mass is 79.9. The van der Waals surface area contributed by atoms with E-state index in [2.05, 4.69) is 20.9 Å². The topological polar surface area (TPSA) is 42.4 Å². The molecule has 0 spiro atoms. The molecule has 80 valence electrons. The van der Waals surface area contributed by atoms with E-state index in [1.54, 1.807) is 11.1 Å². The molecular formula is C10H11BrN2O2. The highest BCUT2D eigenvalue weighted by molar-refractivity contribution is 9.10. The number of anilines is 1. The molecule has 1 aromatic rings. The van der Waals surface area contributed by atoms with Gasteiger partial charge in [-0.2, -0.15) is 0 Å². The smallest absolute Gasteiger partial charge is 0.266 e. The summed E-state index contributed by atoms with van der Waals surface area (Å²) >= 11 is 3.32. The Kier molecular flexibility index (Phi) is 2.90. The summed E-state index contributed by atoms with van der Waals surface area (Å²) in [5, 5.41) is 0. The van der Waals surface area contributed by atoms with Gasteiger partial charge in [0.2, 0.25) is 0 Å². The van der Waals surface area contributed by atoms with Crippen LogP contribution in [0, 0.1) is 0 Å². The molecule has 0 atom stereocenters. The van der Waals surface area contributed by atoms with Crippen molar-refractivity contribution in [3.63, 3.8) is 0 Å². The molecule has 0 N–H and O–H groups in total. The van der Waals surface area contributed by atoms with Crippen LogP contribution in [0.1, 0.15) is 13.3 Å². The quantitative estimate of drug-likeness (QED) is 0.826. The van der Waals surface area contributed by atoms with Gasteiger partial charge in [0.15, 0.2) is 18.2 Å². The highest BCUT2D eigenvalue weighted by Gasteiger charge is 2.25. The summed E-state index contributed by atoms with van der Waals surface area (Å²) in [5.74, 6) is 1.26. The maximum Gasteiger partial charge on any atom is 0.266 e. The van der Waals surface area contributed by atoms with E-state index in [-0.39, 0.29) is 12.5 Å². The summed E-state index contributed by atoms with van der Waals surface area (Å²) in [6.45, 7) is 2.82. The number of hydrogen-bond donors (Lipinski definition) is 0. The summed E-state index contributed by atoms with van der Waals surface area (Å²) in [5.41, 5.74) is 0. The third kappa shape index (κ3) is 1.97. The second-order valence-corrected chi connectivity index (χ2v) is 4.23. The molecule has 0 saturated carbocycles. The Morgan fingerprint density at radius 1 is 1.67 bits per heavy atom. The molecule has 0 radical (unpaired) electrons. The molecule has 1 aromatic heterocycles. The third-order valence-electron chi connectivity index (χ3n) is 2.15. The van der Waals surface area contributed by atoms with Crippen molar-refractivity contribution in [2.24, 2.45) is 0 Å². The molecule has 0 bridgehead atoms. The number of halogens is 1. The highest BCUT2D eigenvalue weighted by Crippen LogP contribution is 2.31. The summed E-state index contributed by atoms with van der Waals surface area (Å²) in [6, 6.07) is 1.83. The number of nitrogens with zero attached hydrogens (tertiary/aromatic N) is 2.